The van der Waals surface area contributed by atoms with Gasteiger partial charge in [0.05, 0.1) is 37.4 Å². The number of hydrogen-bond acceptors (Lipinski definition) is 4. The van der Waals surface area contributed by atoms with Crippen molar-refractivity contribution in [3.63, 3.8) is 0 Å². The molecule has 0 bridgehead atoms. The van der Waals surface area contributed by atoms with Crippen molar-refractivity contribution in [2.24, 2.45) is 11.8 Å². The Morgan fingerprint density at radius 1 is 1.45 bits per heavy atom. The van der Waals surface area contributed by atoms with E-state index in [9.17, 15) is 4.79 Å². The van der Waals surface area contributed by atoms with Crippen LogP contribution in [-0.2, 0) is 14.3 Å². The highest BCUT2D eigenvalue weighted by Crippen LogP contribution is 2.48. The molecule has 22 heavy (non-hydrogen) atoms. The molecule has 0 aliphatic heterocycles. The van der Waals surface area contributed by atoms with Crippen LogP contribution in [-0.4, -0.2) is 29.2 Å². The molecule has 0 amide bonds. The second kappa shape index (κ2) is 5.99. The summed E-state index contributed by atoms with van der Waals surface area (Å²) >= 11 is 0. The Kier molecular flexibility index (Phi) is 4.05. The maximum Gasteiger partial charge on any atom is 0.309 e. The zero-order chi connectivity index (χ0) is 15.7. The molecule has 1 heterocycles. The number of carbonyl (C=O) groups excluding carboxylic acids is 1. The summed E-state index contributed by atoms with van der Waals surface area (Å²) < 4.78 is 12.7. The normalized spacial score (nSPS) is 24.0. The van der Waals surface area contributed by atoms with Crippen LogP contribution in [0.25, 0.3) is 5.70 Å². The first-order chi connectivity index (χ1) is 10.6. The summed E-state index contributed by atoms with van der Waals surface area (Å²) in [7, 11) is 1.69. The highest BCUT2D eigenvalue weighted by molar-refractivity contribution is 5.77. The molecule has 3 rings (SSSR count). The molecular weight excluding hydrogens is 280 g/mol. The predicted molar refractivity (Wildman–Crippen MR) is 82.7 cm³/mol. The molecule has 2 aliphatic rings. The average molecular weight is 302 g/mol. The van der Waals surface area contributed by atoms with Gasteiger partial charge in [0.15, 0.2) is 0 Å². The Morgan fingerprint density at radius 3 is 2.91 bits per heavy atom. The molecule has 0 spiro atoms. The van der Waals surface area contributed by atoms with Gasteiger partial charge in [0.2, 0.25) is 0 Å². The van der Waals surface area contributed by atoms with Crippen LogP contribution in [0.2, 0.25) is 0 Å². The number of ether oxygens (including phenoxy) is 2. The third-order valence-electron chi connectivity index (χ3n) is 4.35. The van der Waals surface area contributed by atoms with E-state index in [1.54, 1.807) is 7.11 Å². The number of hydrogen-bond donors (Lipinski definition) is 0. The van der Waals surface area contributed by atoms with E-state index < -0.39 is 0 Å². The monoisotopic (exact) mass is 302 g/mol. The highest BCUT2D eigenvalue weighted by atomic mass is 16.5. The van der Waals surface area contributed by atoms with Crippen molar-refractivity contribution in [2.45, 2.75) is 33.1 Å². The highest BCUT2D eigenvalue weighted by Gasteiger charge is 2.46. The minimum Gasteiger partial charge on any atom is -0.495 e. The molecule has 1 saturated carbocycles. The van der Waals surface area contributed by atoms with E-state index in [1.807, 2.05) is 30.9 Å². The summed E-state index contributed by atoms with van der Waals surface area (Å²) in [6, 6.07) is 0. The van der Waals surface area contributed by atoms with Crippen LogP contribution < -0.4 is 0 Å². The first-order valence-corrected chi connectivity index (χ1v) is 7.79. The van der Waals surface area contributed by atoms with Gasteiger partial charge >= 0.3 is 5.97 Å². The lowest BCUT2D eigenvalue weighted by atomic mass is 9.96. The Hall–Kier alpha value is -2.04. The van der Waals surface area contributed by atoms with E-state index in [0.717, 1.165) is 36.4 Å². The second-order valence-electron chi connectivity index (χ2n) is 5.86. The van der Waals surface area contributed by atoms with Gasteiger partial charge in [-0.05, 0) is 45.1 Å². The fourth-order valence-electron chi connectivity index (χ4n) is 3.12. The van der Waals surface area contributed by atoms with Gasteiger partial charge in [-0.15, -0.1) is 0 Å². The van der Waals surface area contributed by atoms with Crippen LogP contribution in [0.5, 0.6) is 0 Å². The van der Waals surface area contributed by atoms with E-state index >= 15 is 0 Å². The fraction of sp³-hybridized carbons (Fsp3) is 0.529. The van der Waals surface area contributed by atoms with Gasteiger partial charge in [-0.25, -0.2) is 4.98 Å². The summed E-state index contributed by atoms with van der Waals surface area (Å²) in [5.41, 5.74) is 3.41. The van der Waals surface area contributed by atoms with Gasteiger partial charge in [-0.2, -0.15) is 0 Å². The minimum absolute atomic E-state index is 0.0429. The van der Waals surface area contributed by atoms with Crippen LogP contribution in [0, 0.1) is 18.8 Å². The molecule has 0 N–H and O–H groups in total. The minimum atomic E-state index is -0.0626. The molecular formula is C17H22N2O3. The second-order valence-corrected chi connectivity index (χ2v) is 5.86. The number of aryl methyl sites for hydroxylation is 1. The van der Waals surface area contributed by atoms with Gasteiger partial charge in [-0.3, -0.25) is 4.79 Å². The van der Waals surface area contributed by atoms with Crippen molar-refractivity contribution >= 4 is 11.7 Å². The number of nitrogens with zero attached hydrogens (tertiary/aromatic N) is 2. The molecule has 1 aromatic heterocycles. The Balaban J connectivity index is 1.78. The van der Waals surface area contributed by atoms with E-state index in [-0.39, 0.29) is 11.9 Å². The molecule has 5 heteroatoms. The number of rotatable bonds is 5. The summed E-state index contributed by atoms with van der Waals surface area (Å²) in [4.78, 5) is 16.1. The maximum absolute atomic E-state index is 11.8. The van der Waals surface area contributed by atoms with Gasteiger partial charge < -0.3 is 14.0 Å². The lowest BCUT2D eigenvalue weighted by molar-refractivity contribution is -0.144. The summed E-state index contributed by atoms with van der Waals surface area (Å²) in [5.74, 6) is 1.18. The van der Waals surface area contributed by atoms with Crippen LogP contribution in [0.1, 0.15) is 31.9 Å². The van der Waals surface area contributed by atoms with E-state index in [0.29, 0.717) is 12.5 Å². The van der Waals surface area contributed by atoms with Crippen LogP contribution in [0.4, 0.5) is 0 Å². The number of allylic oxidation sites excluding steroid dienone is 3. The van der Waals surface area contributed by atoms with Crippen LogP contribution in [0.3, 0.4) is 0 Å². The third-order valence-corrected chi connectivity index (χ3v) is 4.35. The zero-order valence-electron chi connectivity index (χ0n) is 13.3. The number of esters is 1. The maximum atomic E-state index is 11.8. The molecule has 2 aliphatic carbocycles. The SMILES string of the molecule is CCOC(=O)C1C[C@@H]1C1=CC(OC)=C(n2cnc(C)c2)CC1. The number of imidazole rings is 1. The zero-order valence-corrected chi connectivity index (χ0v) is 13.3. The lowest BCUT2D eigenvalue weighted by Crippen LogP contribution is -2.10. The van der Waals surface area contributed by atoms with E-state index in [4.69, 9.17) is 9.47 Å². The topological polar surface area (TPSA) is 53.4 Å². The van der Waals surface area contributed by atoms with Crippen molar-refractivity contribution in [2.75, 3.05) is 13.7 Å². The largest absolute Gasteiger partial charge is 0.495 e. The van der Waals surface area contributed by atoms with Crippen molar-refractivity contribution in [3.05, 3.63) is 35.6 Å². The van der Waals surface area contributed by atoms with Crippen LogP contribution >= 0.6 is 0 Å². The van der Waals surface area contributed by atoms with Gasteiger partial charge in [0.1, 0.15) is 5.76 Å². The van der Waals surface area contributed by atoms with E-state index in [2.05, 4.69) is 11.1 Å². The van der Waals surface area contributed by atoms with Crippen molar-refractivity contribution in [1.29, 1.82) is 0 Å². The van der Waals surface area contributed by atoms with Gasteiger partial charge in [0.25, 0.3) is 0 Å². The smallest absolute Gasteiger partial charge is 0.309 e. The van der Waals surface area contributed by atoms with Crippen molar-refractivity contribution < 1.29 is 14.3 Å². The molecule has 0 radical (unpaired) electrons. The van der Waals surface area contributed by atoms with E-state index in [1.165, 1.54) is 5.57 Å². The molecule has 1 aromatic rings. The number of carbonyl (C=O) groups is 1. The Labute approximate surface area is 130 Å². The number of aromatic nitrogens is 2. The van der Waals surface area contributed by atoms with Crippen molar-refractivity contribution in [1.82, 2.24) is 9.55 Å². The Bertz CT molecular complexity index is 642. The Morgan fingerprint density at radius 2 is 2.27 bits per heavy atom. The summed E-state index contributed by atoms with van der Waals surface area (Å²) in [6.07, 6.45) is 8.68. The molecule has 1 fully saturated rings. The van der Waals surface area contributed by atoms with Gasteiger partial charge in [0, 0.05) is 6.20 Å². The molecule has 1 unspecified atom stereocenters. The molecule has 5 nitrogen and oxygen atoms in total. The quantitative estimate of drug-likeness (QED) is 0.785. The summed E-state index contributed by atoms with van der Waals surface area (Å²) in [5, 5.41) is 0. The average Bonchev–Trinajstić information content (AvgIpc) is 3.22. The van der Waals surface area contributed by atoms with Crippen LogP contribution in [0.15, 0.2) is 29.9 Å². The first kappa shape index (κ1) is 14.9. The van der Waals surface area contributed by atoms with Gasteiger partial charge in [-0.1, -0.05) is 5.57 Å². The number of methoxy groups -OCH3 is 1. The first-order valence-electron chi connectivity index (χ1n) is 7.79. The molecule has 0 aromatic carbocycles. The molecule has 2 atom stereocenters. The predicted octanol–water partition coefficient (Wildman–Crippen LogP) is 2.93. The third kappa shape index (κ3) is 2.80. The summed E-state index contributed by atoms with van der Waals surface area (Å²) in [6.45, 7) is 4.27. The molecule has 0 saturated heterocycles. The standard InChI is InChI=1S/C17H22N2O3/c1-4-22-17(20)14-8-13(14)12-5-6-15(16(7-12)21-3)19-9-11(2)18-10-19/h7,9-10,13-14H,4-6,8H2,1-3H3/t13-,14?/m1/s1. The van der Waals surface area contributed by atoms with Crippen molar-refractivity contribution in [3.8, 4) is 0 Å². The fourth-order valence-corrected chi connectivity index (χ4v) is 3.12. The lowest BCUT2D eigenvalue weighted by Gasteiger charge is -2.20. The molecule has 118 valence electrons.